The zero-order chi connectivity index (χ0) is 14.1. The van der Waals surface area contributed by atoms with Crippen molar-refractivity contribution < 1.29 is 9.90 Å². The fourth-order valence-corrected chi connectivity index (χ4v) is 2.24. The second-order valence-corrected chi connectivity index (χ2v) is 4.52. The molecule has 3 N–H and O–H groups in total. The van der Waals surface area contributed by atoms with Crippen LogP contribution in [0.2, 0.25) is 0 Å². The predicted molar refractivity (Wildman–Crippen MR) is 78.6 cm³/mol. The second kappa shape index (κ2) is 4.66. The number of rotatable bonds is 2. The van der Waals surface area contributed by atoms with Gasteiger partial charge in [0.05, 0.1) is 5.56 Å². The molecule has 20 heavy (non-hydrogen) atoms. The van der Waals surface area contributed by atoms with Crippen LogP contribution in [0.15, 0.2) is 54.7 Å². The number of carboxylic acid groups (broad SMARTS) is 1. The molecule has 0 bridgehead atoms. The normalized spacial score (nSPS) is 10.6. The lowest BCUT2D eigenvalue weighted by Gasteiger charge is -2.08. The Bertz CT molecular complexity index is 812. The number of fused-ring (bicyclic) bond motifs is 1. The summed E-state index contributed by atoms with van der Waals surface area (Å²) in [5, 5.41) is 11.4. The standard InChI is InChI=1S/C16H12N2O2/c17-15-8-13(16(19)20)14(9-18-15)12-6-5-10-3-1-2-4-11(10)7-12/h1-9H,(H2,17,18)(H,19,20). The maximum Gasteiger partial charge on any atom is 0.336 e. The maximum absolute atomic E-state index is 11.3. The Morgan fingerprint density at radius 1 is 1.05 bits per heavy atom. The topological polar surface area (TPSA) is 76.2 Å². The number of benzene rings is 2. The Hall–Kier alpha value is -2.88. The van der Waals surface area contributed by atoms with Crippen molar-refractivity contribution in [2.24, 2.45) is 0 Å². The number of hydrogen-bond donors (Lipinski definition) is 2. The summed E-state index contributed by atoms with van der Waals surface area (Å²) >= 11 is 0. The average Bonchev–Trinajstić information content (AvgIpc) is 2.46. The highest BCUT2D eigenvalue weighted by molar-refractivity contribution is 5.98. The van der Waals surface area contributed by atoms with Crippen molar-refractivity contribution in [3.8, 4) is 11.1 Å². The molecule has 0 atom stereocenters. The van der Waals surface area contributed by atoms with Crippen molar-refractivity contribution in [2.75, 3.05) is 5.73 Å². The van der Waals surface area contributed by atoms with Crippen LogP contribution in [0.3, 0.4) is 0 Å². The minimum Gasteiger partial charge on any atom is -0.478 e. The monoisotopic (exact) mass is 264 g/mol. The van der Waals surface area contributed by atoms with Gasteiger partial charge in [-0.05, 0) is 28.5 Å². The van der Waals surface area contributed by atoms with Crippen LogP contribution in [0.4, 0.5) is 5.82 Å². The highest BCUT2D eigenvalue weighted by atomic mass is 16.4. The van der Waals surface area contributed by atoms with Gasteiger partial charge in [-0.3, -0.25) is 0 Å². The van der Waals surface area contributed by atoms with Gasteiger partial charge < -0.3 is 10.8 Å². The minimum atomic E-state index is -1.01. The molecule has 0 aliphatic heterocycles. The molecule has 4 nitrogen and oxygen atoms in total. The third-order valence-electron chi connectivity index (χ3n) is 3.22. The van der Waals surface area contributed by atoms with E-state index >= 15 is 0 Å². The number of carbonyl (C=O) groups is 1. The van der Waals surface area contributed by atoms with Crippen molar-refractivity contribution in [3.05, 3.63) is 60.3 Å². The van der Waals surface area contributed by atoms with Crippen LogP contribution in [-0.4, -0.2) is 16.1 Å². The van der Waals surface area contributed by atoms with Crippen molar-refractivity contribution >= 4 is 22.6 Å². The number of anilines is 1. The first-order valence-corrected chi connectivity index (χ1v) is 6.13. The van der Waals surface area contributed by atoms with Crippen LogP contribution < -0.4 is 5.73 Å². The average molecular weight is 264 g/mol. The molecule has 0 unspecified atom stereocenters. The number of aromatic carboxylic acids is 1. The van der Waals surface area contributed by atoms with Crippen LogP contribution in [0.25, 0.3) is 21.9 Å². The van der Waals surface area contributed by atoms with Crippen LogP contribution in [-0.2, 0) is 0 Å². The number of hydrogen-bond acceptors (Lipinski definition) is 3. The lowest BCUT2D eigenvalue weighted by Crippen LogP contribution is -2.02. The van der Waals surface area contributed by atoms with Crippen LogP contribution in [0, 0.1) is 0 Å². The number of nitrogens with zero attached hydrogens (tertiary/aromatic N) is 1. The van der Waals surface area contributed by atoms with Gasteiger partial charge in [-0.15, -0.1) is 0 Å². The Kier molecular flexibility index (Phi) is 2.84. The van der Waals surface area contributed by atoms with Crippen LogP contribution in [0.1, 0.15) is 10.4 Å². The SMILES string of the molecule is Nc1cc(C(=O)O)c(-c2ccc3ccccc3c2)cn1. The van der Waals surface area contributed by atoms with E-state index in [9.17, 15) is 9.90 Å². The molecule has 0 radical (unpaired) electrons. The van der Waals surface area contributed by atoms with Gasteiger partial charge >= 0.3 is 5.97 Å². The van der Waals surface area contributed by atoms with Crippen molar-refractivity contribution in [3.63, 3.8) is 0 Å². The largest absolute Gasteiger partial charge is 0.478 e. The Labute approximate surface area is 115 Å². The molecule has 0 saturated carbocycles. The third kappa shape index (κ3) is 2.07. The van der Waals surface area contributed by atoms with E-state index in [-0.39, 0.29) is 11.4 Å². The molecule has 3 aromatic rings. The molecular formula is C16H12N2O2. The minimum absolute atomic E-state index is 0.160. The van der Waals surface area contributed by atoms with E-state index in [1.807, 2.05) is 42.5 Å². The summed E-state index contributed by atoms with van der Waals surface area (Å²) in [6.45, 7) is 0. The van der Waals surface area contributed by atoms with E-state index in [0.29, 0.717) is 5.56 Å². The Morgan fingerprint density at radius 3 is 2.55 bits per heavy atom. The zero-order valence-electron chi connectivity index (χ0n) is 10.6. The number of pyridine rings is 1. The summed E-state index contributed by atoms with van der Waals surface area (Å²) in [7, 11) is 0. The first-order chi connectivity index (χ1) is 9.65. The molecule has 98 valence electrons. The smallest absolute Gasteiger partial charge is 0.336 e. The van der Waals surface area contributed by atoms with E-state index in [2.05, 4.69) is 4.98 Å². The van der Waals surface area contributed by atoms with Gasteiger partial charge in [0, 0.05) is 11.8 Å². The number of nitrogen functional groups attached to an aromatic ring is 1. The van der Waals surface area contributed by atoms with Gasteiger partial charge in [0.2, 0.25) is 0 Å². The molecule has 2 aromatic carbocycles. The second-order valence-electron chi connectivity index (χ2n) is 4.52. The van der Waals surface area contributed by atoms with E-state index in [1.54, 1.807) is 0 Å². The summed E-state index contributed by atoms with van der Waals surface area (Å²) < 4.78 is 0. The van der Waals surface area contributed by atoms with Gasteiger partial charge in [0.15, 0.2) is 0 Å². The number of carboxylic acids is 1. The first kappa shape index (κ1) is 12.2. The molecule has 4 heteroatoms. The molecule has 0 fully saturated rings. The Morgan fingerprint density at radius 2 is 1.80 bits per heavy atom. The quantitative estimate of drug-likeness (QED) is 0.745. The molecule has 0 aliphatic rings. The van der Waals surface area contributed by atoms with E-state index < -0.39 is 5.97 Å². The lowest BCUT2D eigenvalue weighted by atomic mass is 9.99. The van der Waals surface area contributed by atoms with Gasteiger partial charge in [0.1, 0.15) is 5.82 Å². The summed E-state index contributed by atoms with van der Waals surface area (Å²) in [5.41, 5.74) is 7.10. The molecule has 0 saturated heterocycles. The zero-order valence-corrected chi connectivity index (χ0v) is 10.6. The summed E-state index contributed by atoms with van der Waals surface area (Å²) in [5.74, 6) is -0.811. The number of nitrogens with two attached hydrogens (primary N) is 1. The summed E-state index contributed by atoms with van der Waals surface area (Å²) in [6, 6.07) is 15.1. The molecule has 3 rings (SSSR count). The predicted octanol–water partition coefficient (Wildman–Crippen LogP) is 3.18. The lowest BCUT2D eigenvalue weighted by molar-refractivity contribution is 0.0697. The van der Waals surface area contributed by atoms with Gasteiger partial charge in [-0.1, -0.05) is 36.4 Å². The molecule has 1 heterocycles. The molecule has 1 aromatic heterocycles. The van der Waals surface area contributed by atoms with Gasteiger partial charge in [-0.25, -0.2) is 9.78 Å². The van der Waals surface area contributed by atoms with Gasteiger partial charge in [-0.2, -0.15) is 0 Å². The van der Waals surface area contributed by atoms with E-state index in [4.69, 9.17) is 5.73 Å². The Balaban J connectivity index is 2.22. The molecule has 0 spiro atoms. The molecule has 0 aliphatic carbocycles. The van der Waals surface area contributed by atoms with Gasteiger partial charge in [0.25, 0.3) is 0 Å². The first-order valence-electron chi connectivity index (χ1n) is 6.13. The van der Waals surface area contributed by atoms with E-state index in [1.165, 1.54) is 12.3 Å². The molecule has 0 amide bonds. The van der Waals surface area contributed by atoms with Crippen molar-refractivity contribution in [1.82, 2.24) is 4.98 Å². The fraction of sp³-hybridized carbons (Fsp3) is 0. The highest BCUT2D eigenvalue weighted by Gasteiger charge is 2.13. The van der Waals surface area contributed by atoms with Crippen LogP contribution in [0.5, 0.6) is 0 Å². The van der Waals surface area contributed by atoms with E-state index in [0.717, 1.165) is 16.3 Å². The summed E-state index contributed by atoms with van der Waals surface area (Å²) in [6.07, 6.45) is 1.50. The highest BCUT2D eigenvalue weighted by Crippen LogP contribution is 2.27. The maximum atomic E-state index is 11.3. The van der Waals surface area contributed by atoms with Crippen molar-refractivity contribution in [2.45, 2.75) is 0 Å². The fourth-order valence-electron chi connectivity index (χ4n) is 2.24. The molecular weight excluding hydrogens is 252 g/mol. The number of aromatic nitrogens is 1. The summed E-state index contributed by atoms with van der Waals surface area (Å²) in [4.78, 5) is 15.3. The third-order valence-corrected chi connectivity index (χ3v) is 3.22. The van der Waals surface area contributed by atoms with Crippen LogP contribution >= 0.6 is 0 Å². The van der Waals surface area contributed by atoms with Crippen molar-refractivity contribution in [1.29, 1.82) is 0 Å².